The third-order valence-corrected chi connectivity index (χ3v) is 6.26. The second-order valence-electron chi connectivity index (χ2n) is 8.44. The summed E-state index contributed by atoms with van der Waals surface area (Å²) in [6, 6.07) is 11.5. The summed E-state index contributed by atoms with van der Waals surface area (Å²) in [6.45, 7) is 14.4. The van der Waals surface area contributed by atoms with Crippen molar-refractivity contribution in [3.05, 3.63) is 63.7 Å². The number of fused-ring (bicyclic) bond motifs is 1. The Bertz CT molecular complexity index is 770. The van der Waals surface area contributed by atoms with E-state index in [-0.39, 0.29) is 5.41 Å². The van der Waals surface area contributed by atoms with E-state index in [2.05, 4.69) is 71.9 Å². The molecular weight excluding hydrogens is 316 g/mol. The largest absolute Gasteiger partial charge is 0.492 e. The summed E-state index contributed by atoms with van der Waals surface area (Å²) in [5.74, 6) is 1.77. The number of hydrogen-bond acceptors (Lipinski definition) is 1. The molecule has 26 heavy (non-hydrogen) atoms. The summed E-state index contributed by atoms with van der Waals surface area (Å²) in [5, 5.41) is 0. The van der Waals surface area contributed by atoms with Gasteiger partial charge in [-0.05, 0) is 54.9 Å². The Morgan fingerprint density at radius 2 is 1.73 bits per heavy atom. The second kappa shape index (κ2) is 7.47. The zero-order valence-corrected chi connectivity index (χ0v) is 17.4. The van der Waals surface area contributed by atoms with E-state index in [4.69, 9.17) is 4.74 Å². The predicted molar refractivity (Wildman–Crippen MR) is 112 cm³/mol. The summed E-state index contributed by atoms with van der Waals surface area (Å²) < 4.78 is 6.38. The SMILES string of the molecule is CCCC1(CC)COc2c(Cc3ccc(C(C)C)cc3)c(C)cc(C)c21. The highest BCUT2D eigenvalue weighted by atomic mass is 16.5. The van der Waals surface area contributed by atoms with Crippen LogP contribution in [0.2, 0.25) is 0 Å². The molecule has 2 aromatic rings. The maximum absolute atomic E-state index is 6.38. The molecule has 0 N–H and O–H groups in total. The van der Waals surface area contributed by atoms with E-state index in [9.17, 15) is 0 Å². The molecule has 0 aliphatic carbocycles. The van der Waals surface area contributed by atoms with Gasteiger partial charge in [-0.1, -0.05) is 64.4 Å². The lowest BCUT2D eigenvalue weighted by molar-refractivity contribution is 0.245. The normalized spacial score (nSPS) is 18.9. The van der Waals surface area contributed by atoms with Crippen molar-refractivity contribution < 1.29 is 4.74 Å². The minimum absolute atomic E-state index is 0.206. The van der Waals surface area contributed by atoms with Gasteiger partial charge in [0.1, 0.15) is 5.75 Å². The van der Waals surface area contributed by atoms with Crippen molar-refractivity contribution in [1.29, 1.82) is 0 Å². The summed E-state index contributed by atoms with van der Waals surface area (Å²) in [5.41, 5.74) is 8.62. The standard InChI is InChI=1S/C25H34O/c1-7-13-25(8-2)16-26-24-22(18(5)14-19(6)23(24)25)15-20-9-11-21(12-10-20)17(3)4/h9-12,14,17H,7-8,13,15-16H2,1-6H3. The fourth-order valence-corrected chi connectivity index (χ4v) is 4.67. The Morgan fingerprint density at radius 1 is 1.04 bits per heavy atom. The lowest BCUT2D eigenvalue weighted by atomic mass is 9.73. The Balaban J connectivity index is 2.01. The minimum Gasteiger partial charge on any atom is -0.492 e. The van der Waals surface area contributed by atoms with Crippen LogP contribution in [-0.2, 0) is 11.8 Å². The van der Waals surface area contributed by atoms with Gasteiger partial charge in [0.15, 0.2) is 0 Å². The van der Waals surface area contributed by atoms with Crippen LogP contribution >= 0.6 is 0 Å². The number of hydrogen-bond donors (Lipinski definition) is 0. The molecule has 0 fully saturated rings. The first-order valence-corrected chi connectivity index (χ1v) is 10.3. The maximum Gasteiger partial charge on any atom is 0.127 e. The third-order valence-electron chi connectivity index (χ3n) is 6.26. The topological polar surface area (TPSA) is 9.23 Å². The van der Waals surface area contributed by atoms with E-state index >= 15 is 0 Å². The van der Waals surface area contributed by atoms with Crippen LogP contribution in [0.15, 0.2) is 30.3 Å². The highest BCUT2D eigenvalue weighted by Gasteiger charge is 2.41. The molecule has 0 saturated heterocycles. The Labute approximate surface area is 159 Å². The lowest BCUT2D eigenvalue weighted by Crippen LogP contribution is -2.27. The van der Waals surface area contributed by atoms with Crippen LogP contribution in [0.5, 0.6) is 5.75 Å². The smallest absolute Gasteiger partial charge is 0.127 e. The van der Waals surface area contributed by atoms with Gasteiger partial charge in [0.2, 0.25) is 0 Å². The minimum atomic E-state index is 0.206. The zero-order valence-electron chi connectivity index (χ0n) is 17.4. The monoisotopic (exact) mass is 350 g/mol. The zero-order chi connectivity index (χ0) is 18.9. The van der Waals surface area contributed by atoms with Crippen molar-refractivity contribution in [2.45, 2.75) is 78.6 Å². The fraction of sp³-hybridized carbons (Fsp3) is 0.520. The van der Waals surface area contributed by atoms with Crippen LogP contribution in [0.3, 0.4) is 0 Å². The Kier molecular flexibility index (Phi) is 5.46. The van der Waals surface area contributed by atoms with Crippen molar-refractivity contribution in [3.8, 4) is 5.75 Å². The van der Waals surface area contributed by atoms with Crippen LogP contribution in [0.25, 0.3) is 0 Å². The van der Waals surface area contributed by atoms with E-state index < -0.39 is 0 Å². The Morgan fingerprint density at radius 3 is 2.31 bits per heavy atom. The van der Waals surface area contributed by atoms with Gasteiger partial charge >= 0.3 is 0 Å². The van der Waals surface area contributed by atoms with Crippen LogP contribution < -0.4 is 4.74 Å². The molecule has 1 atom stereocenters. The molecule has 3 rings (SSSR count). The molecule has 0 amide bonds. The van der Waals surface area contributed by atoms with Gasteiger partial charge in [-0.3, -0.25) is 0 Å². The van der Waals surface area contributed by atoms with Crippen molar-refractivity contribution in [2.75, 3.05) is 6.61 Å². The van der Waals surface area contributed by atoms with Gasteiger partial charge < -0.3 is 4.74 Å². The summed E-state index contributed by atoms with van der Waals surface area (Å²) in [6.07, 6.45) is 4.53. The first kappa shape index (κ1) is 19.0. The van der Waals surface area contributed by atoms with E-state index in [1.54, 1.807) is 0 Å². The molecule has 1 heteroatoms. The van der Waals surface area contributed by atoms with Gasteiger partial charge in [0.05, 0.1) is 6.61 Å². The highest BCUT2D eigenvalue weighted by molar-refractivity contribution is 5.57. The van der Waals surface area contributed by atoms with Crippen LogP contribution in [-0.4, -0.2) is 6.61 Å². The molecule has 0 spiro atoms. The van der Waals surface area contributed by atoms with Crippen molar-refractivity contribution in [3.63, 3.8) is 0 Å². The predicted octanol–water partition coefficient (Wildman–Crippen LogP) is 6.86. The first-order valence-electron chi connectivity index (χ1n) is 10.3. The van der Waals surface area contributed by atoms with Crippen molar-refractivity contribution in [1.82, 2.24) is 0 Å². The molecule has 1 nitrogen and oxygen atoms in total. The molecule has 1 aliphatic rings. The van der Waals surface area contributed by atoms with Crippen LogP contribution in [0.1, 0.15) is 86.3 Å². The quantitative estimate of drug-likeness (QED) is 0.553. The summed E-state index contributed by atoms with van der Waals surface area (Å²) >= 11 is 0. The van der Waals surface area contributed by atoms with Gasteiger partial charge in [-0.25, -0.2) is 0 Å². The molecule has 0 saturated carbocycles. The van der Waals surface area contributed by atoms with Crippen LogP contribution in [0, 0.1) is 13.8 Å². The van der Waals surface area contributed by atoms with E-state index in [0.29, 0.717) is 5.92 Å². The number of rotatable bonds is 6. The number of benzene rings is 2. The number of ether oxygens (including phenoxy) is 1. The maximum atomic E-state index is 6.38. The molecule has 2 aromatic carbocycles. The van der Waals surface area contributed by atoms with Gasteiger partial charge in [0.25, 0.3) is 0 Å². The Hall–Kier alpha value is -1.76. The van der Waals surface area contributed by atoms with E-state index in [1.165, 1.54) is 52.0 Å². The lowest BCUT2D eigenvalue weighted by Gasteiger charge is -2.28. The number of aryl methyl sites for hydroxylation is 2. The van der Waals surface area contributed by atoms with Gasteiger partial charge in [0, 0.05) is 23.0 Å². The van der Waals surface area contributed by atoms with Crippen molar-refractivity contribution in [2.24, 2.45) is 0 Å². The van der Waals surface area contributed by atoms with Crippen molar-refractivity contribution >= 4 is 0 Å². The van der Waals surface area contributed by atoms with Crippen LogP contribution in [0.4, 0.5) is 0 Å². The average molecular weight is 351 g/mol. The first-order chi connectivity index (χ1) is 12.4. The molecule has 0 radical (unpaired) electrons. The summed E-state index contributed by atoms with van der Waals surface area (Å²) in [4.78, 5) is 0. The fourth-order valence-electron chi connectivity index (χ4n) is 4.67. The second-order valence-corrected chi connectivity index (χ2v) is 8.44. The molecule has 1 aliphatic heterocycles. The molecule has 140 valence electrons. The molecule has 0 bridgehead atoms. The average Bonchev–Trinajstić information content (AvgIpc) is 2.99. The molecule has 1 unspecified atom stereocenters. The highest BCUT2D eigenvalue weighted by Crippen LogP contribution is 2.48. The molecule has 0 aromatic heterocycles. The summed E-state index contributed by atoms with van der Waals surface area (Å²) in [7, 11) is 0. The van der Waals surface area contributed by atoms with E-state index in [1.807, 2.05) is 0 Å². The van der Waals surface area contributed by atoms with Gasteiger partial charge in [-0.15, -0.1) is 0 Å². The molecule has 1 heterocycles. The van der Waals surface area contributed by atoms with Gasteiger partial charge in [-0.2, -0.15) is 0 Å². The third kappa shape index (κ3) is 3.29. The van der Waals surface area contributed by atoms with E-state index in [0.717, 1.165) is 19.4 Å². The molecular formula is C25H34O.